The van der Waals surface area contributed by atoms with E-state index in [9.17, 15) is 9.90 Å². The van der Waals surface area contributed by atoms with Crippen LogP contribution in [0.1, 0.15) is 34.6 Å². The summed E-state index contributed by atoms with van der Waals surface area (Å²) in [5.74, 6) is 0.357. The van der Waals surface area contributed by atoms with Crippen LogP contribution in [0.5, 0.6) is 11.5 Å². The Hall–Kier alpha value is -3.47. The summed E-state index contributed by atoms with van der Waals surface area (Å²) in [5.41, 5.74) is 4.25. The average molecular weight is 374 g/mol. The minimum Gasteiger partial charge on any atom is -0.504 e. The molecule has 0 bridgehead atoms. The zero-order valence-corrected chi connectivity index (χ0v) is 15.8. The predicted octanol–water partition coefficient (Wildman–Crippen LogP) is 4.73. The van der Waals surface area contributed by atoms with Crippen LogP contribution in [0.3, 0.4) is 0 Å². The van der Waals surface area contributed by atoms with Crippen molar-refractivity contribution in [1.29, 1.82) is 0 Å². The monoisotopic (exact) mass is 374 g/mol. The van der Waals surface area contributed by atoms with Gasteiger partial charge >= 0.3 is 0 Å². The van der Waals surface area contributed by atoms with Crippen LogP contribution >= 0.6 is 0 Å². The zero-order valence-electron chi connectivity index (χ0n) is 15.8. The number of aromatic hydroxyl groups is 1. The minimum atomic E-state index is -0.427. The minimum absolute atomic E-state index is 0.0626. The van der Waals surface area contributed by atoms with Crippen molar-refractivity contribution in [2.24, 2.45) is 0 Å². The average Bonchev–Trinajstić information content (AvgIpc) is 2.74. The van der Waals surface area contributed by atoms with Crippen molar-refractivity contribution in [2.45, 2.75) is 19.5 Å². The number of methoxy groups -OCH3 is 1. The quantitative estimate of drug-likeness (QED) is 0.693. The number of carbonyl (C=O) groups is 1. The van der Waals surface area contributed by atoms with Crippen LogP contribution in [0.4, 0.5) is 11.4 Å². The predicted molar refractivity (Wildman–Crippen MR) is 110 cm³/mol. The summed E-state index contributed by atoms with van der Waals surface area (Å²) in [4.78, 5) is 15.1. The lowest BCUT2D eigenvalue weighted by Gasteiger charge is -2.38. The number of rotatable bonds is 4. The van der Waals surface area contributed by atoms with Gasteiger partial charge in [0, 0.05) is 11.4 Å². The molecule has 0 aliphatic carbocycles. The maximum atomic E-state index is 13.4. The summed E-state index contributed by atoms with van der Waals surface area (Å²) >= 11 is 0. The summed E-state index contributed by atoms with van der Waals surface area (Å²) in [6.07, 6.45) is 0.512. The molecule has 0 radical (unpaired) electrons. The molecular weight excluding hydrogens is 352 g/mol. The molecule has 1 amide bonds. The lowest BCUT2D eigenvalue weighted by Crippen LogP contribution is -2.43. The molecule has 3 aromatic carbocycles. The number of carbonyl (C=O) groups excluding carboxylic acids is 1. The number of hydrogen-bond donors (Lipinski definition) is 2. The number of aryl methyl sites for hydroxylation is 1. The highest BCUT2D eigenvalue weighted by molar-refractivity contribution is 6.12. The summed E-state index contributed by atoms with van der Waals surface area (Å²) in [6.45, 7) is 2.10. The van der Waals surface area contributed by atoms with Gasteiger partial charge < -0.3 is 15.2 Å². The SMILES string of the molecule is CCc1ccc(N2C(=O)c3ccccc3N[C@@H]2c2ccc(O)c(OC)c2)cc1. The summed E-state index contributed by atoms with van der Waals surface area (Å²) in [5, 5.41) is 13.4. The van der Waals surface area contributed by atoms with Gasteiger partial charge in [-0.25, -0.2) is 0 Å². The molecule has 1 heterocycles. The van der Waals surface area contributed by atoms with E-state index < -0.39 is 6.17 Å². The molecule has 5 nitrogen and oxygen atoms in total. The Balaban J connectivity index is 1.84. The van der Waals surface area contributed by atoms with Gasteiger partial charge in [0.2, 0.25) is 0 Å². The van der Waals surface area contributed by atoms with Crippen LogP contribution in [-0.2, 0) is 6.42 Å². The standard InChI is InChI=1S/C23H22N2O3/c1-3-15-8-11-17(12-9-15)25-22(16-10-13-20(26)21(14-16)28-2)24-19-7-5-4-6-18(19)23(25)27/h4-14,22,24,26H,3H2,1-2H3/t22-/m0/s1. The van der Waals surface area contributed by atoms with Gasteiger partial charge in [-0.05, 0) is 53.9 Å². The van der Waals surface area contributed by atoms with Crippen molar-refractivity contribution in [3.8, 4) is 11.5 Å². The Morgan fingerprint density at radius 3 is 2.54 bits per heavy atom. The number of nitrogens with one attached hydrogen (secondary N) is 1. The third-order valence-electron chi connectivity index (χ3n) is 5.07. The van der Waals surface area contributed by atoms with E-state index in [1.807, 2.05) is 48.5 Å². The number of benzene rings is 3. The number of fused-ring (bicyclic) bond motifs is 1. The number of nitrogens with zero attached hydrogens (tertiary/aromatic N) is 1. The first-order valence-electron chi connectivity index (χ1n) is 9.27. The van der Waals surface area contributed by atoms with Crippen LogP contribution in [0.2, 0.25) is 0 Å². The van der Waals surface area contributed by atoms with Crippen molar-refractivity contribution in [2.75, 3.05) is 17.3 Å². The van der Waals surface area contributed by atoms with E-state index in [4.69, 9.17) is 4.74 Å². The van der Waals surface area contributed by atoms with Gasteiger partial charge in [-0.1, -0.05) is 37.3 Å². The number of phenolic OH excluding ortho intramolecular Hbond substituents is 1. The first-order valence-corrected chi connectivity index (χ1v) is 9.27. The molecular formula is C23H22N2O3. The Kier molecular flexibility index (Phi) is 4.65. The highest BCUT2D eigenvalue weighted by atomic mass is 16.5. The Morgan fingerprint density at radius 2 is 1.82 bits per heavy atom. The molecule has 0 saturated carbocycles. The second-order valence-corrected chi connectivity index (χ2v) is 6.72. The van der Waals surface area contributed by atoms with E-state index in [1.54, 1.807) is 23.1 Å². The number of anilines is 2. The molecule has 5 heteroatoms. The third kappa shape index (κ3) is 3.05. The van der Waals surface area contributed by atoms with Crippen molar-refractivity contribution < 1.29 is 14.6 Å². The first-order chi connectivity index (χ1) is 13.6. The van der Waals surface area contributed by atoms with Crippen molar-refractivity contribution in [3.05, 3.63) is 83.4 Å². The summed E-state index contributed by atoms with van der Waals surface area (Å²) in [7, 11) is 1.51. The smallest absolute Gasteiger partial charge is 0.262 e. The Labute approximate surface area is 164 Å². The zero-order chi connectivity index (χ0) is 19.7. The molecule has 142 valence electrons. The van der Waals surface area contributed by atoms with Crippen LogP contribution < -0.4 is 15.0 Å². The lowest BCUT2D eigenvalue weighted by atomic mass is 10.0. The number of para-hydroxylation sites is 1. The highest BCUT2D eigenvalue weighted by Crippen LogP contribution is 2.39. The van der Waals surface area contributed by atoms with Crippen molar-refractivity contribution in [3.63, 3.8) is 0 Å². The summed E-state index contributed by atoms with van der Waals surface area (Å²) in [6, 6.07) is 20.6. The number of ether oxygens (including phenoxy) is 1. The maximum absolute atomic E-state index is 13.4. The molecule has 1 aliphatic rings. The molecule has 28 heavy (non-hydrogen) atoms. The molecule has 0 saturated heterocycles. The molecule has 4 rings (SSSR count). The normalized spacial score (nSPS) is 15.7. The second-order valence-electron chi connectivity index (χ2n) is 6.72. The largest absolute Gasteiger partial charge is 0.504 e. The van der Waals surface area contributed by atoms with E-state index in [0.29, 0.717) is 11.3 Å². The molecule has 3 aromatic rings. The lowest BCUT2D eigenvalue weighted by molar-refractivity contribution is 0.0975. The molecule has 0 aromatic heterocycles. The number of amides is 1. The van der Waals surface area contributed by atoms with Crippen molar-refractivity contribution in [1.82, 2.24) is 0 Å². The first kappa shape index (κ1) is 17.9. The highest BCUT2D eigenvalue weighted by Gasteiger charge is 2.34. The number of phenols is 1. The van der Waals surface area contributed by atoms with Gasteiger partial charge in [0.1, 0.15) is 6.17 Å². The van der Waals surface area contributed by atoms with Gasteiger partial charge in [-0.15, -0.1) is 0 Å². The van der Waals surface area contributed by atoms with Gasteiger partial charge in [-0.3, -0.25) is 9.69 Å². The van der Waals surface area contributed by atoms with Crippen LogP contribution in [-0.4, -0.2) is 18.1 Å². The fourth-order valence-corrected chi connectivity index (χ4v) is 3.51. The van der Waals surface area contributed by atoms with Gasteiger partial charge in [0.15, 0.2) is 11.5 Å². The fourth-order valence-electron chi connectivity index (χ4n) is 3.51. The van der Waals surface area contributed by atoms with E-state index >= 15 is 0 Å². The molecule has 1 atom stereocenters. The van der Waals surface area contributed by atoms with E-state index in [1.165, 1.54) is 12.7 Å². The maximum Gasteiger partial charge on any atom is 0.262 e. The fraction of sp³-hybridized carbons (Fsp3) is 0.174. The van der Waals surface area contributed by atoms with E-state index in [0.717, 1.165) is 23.4 Å². The molecule has 0 unspecified atom stereocenters. The van der Waals surface area contributed by atoms with Crippen LogP contribution in [0.15, 0.2) is 66.7 Å². The van der Waals surface area contributed by atoms with Crippen molar-refractivity contribution >= 4 is 17.3 Å². The third-order valence-corrected chi connectivity index (χ3v) is 5.07. The Bertz CT molecular complexity index is 1010. The van der Waals surface area contributed by atoms with Gasteiger partial charge in [-0.2, -0.15) is 0 Å². The van der Waals surface area contributed by atoms with Crippen LogP contribution in [0, 0.1) is 0 Å². The number of hydrogen-bond acceptors (Lipinski definition) is 4. The van der Waals surface area contributed by atoms with Gasteiger partial charge in [0.05, 0.1) is 12.7 Å². The van der Waals surface area contributed by atoms with E-state index in [-0.39, 0.29) is 11.7 Å². The second kappa shape index (κ2) is 7.27. The molecule has 0 fully saturated rings. The molecule has 2 N–H and O–H groups in total. The Morgan fingerprint density at radius 1 is 1.07 bits per heavy atom. The van der Waals surface area contributed by atoms with Gasteiger partial charge in [0.25, 0.3) is 5.91 Å². The molecule has 1 aliphatic heterocycles. The van der Waals surface area contributed by atoms with Crippen LogP contribution in [0.25, 0.3) is 0 Å². The molecule has 0 spiro atoms. The summed E-state index contributed by atoms with van der Waals surface area (Å²) < 4.78 is 5.26. The topological polar surface area (TPSA) is 61.8 Å². The van der Waals surface area contributed by atoms with E-state index in [2.05, 4.69) is 12.2 Å².